The van der Waals surface area contributed by atoms with E-state index in [0.29, 0.717) is 17.5 Å². The molecule has 0 saturated carbocycles. The average Bonchev–Trinajstić information content (AvgIpc) is 2.69. The topological polar surface area (TPSA) is 52.3 Å². The first-order chi connectivity index (χ1) is 8.25. The Labute approximate surface area is 109 Å². The summed E-state index contributed by atoms with van der Waals surface area (Å²) >= 11 is 0. The summed E-state index contributed by atoms with van der Waals surface area (Å²) in [5, 5.41) is 0. The molecule has 0 fully saturated rings. The highest BCUT2D eigenvalue weighted by atomic mass is 16.5. The fourth-order valence-electron chi connectivity index (χ4n) is 1.62. The van der Waals surface area contributed by atoms with Crippen LogP contribution in [0.3, 0.4) is 0 Å². The summed E-state index contributed by atoms with van der Waals surface area (Å²) in [7, 11) is 1.35. The Morgan fingerprint density at radius 1 is 1.39 bits per heavy atom. The number of aryl methyl sites for hydroxylation is 1. The second-order valence-electron chi connectivity index (χ2n) is 5.96. The summed E-state index contributed by atoms with van der Waals surface area (Å²) in [6.45, 7) is 10.3. The van der Waals surface area contributed by atoms with Crippen molar-refractivity contribution in [2.45, 2.75) is 52.9 Å². The van der Waals surface area contributed by atoms with Gasteiger partial charge in [0, 0.05) is 11.8 Å². The second kappa shape index (κ2) is 5.55. The van der Waals surface area contributed by atoms with Crippen LogP contribution in [0.15, 0.2) is 4.42 Å². The quantitative estimate of drug-likeness (QED) is 0.772. The minimum absolute atomic E-state index is 0.233. The van der Waals surface area contributed by atoms with Crippen molar-refractivity contribution in [3.05, 3.63) is 17.3 Å². The van der Waals surface area contributed by atoms with Crippen LogP contribution in [0.25, 0.3) is 0 Å². The van der Waals surface area contributed by atoms with Gasteiger partial charge in [0.15, 0.2) is 5.89 Å². The molecule has 1 aromatic heterocycles. The van der Waals surface area contributed by atoms with Crippen molar-refractivity contribution in [3.8, 4) is 0 Å². The predicted molar refractivity (Wildman–Crippen MR) is 69.7 cm³/mol. The number of hydrogen-bond donors (Lipinski definition) is 0. The third kappa shape index (κ3) is 3.59. The first-order valence-corrected chi connectivity index (χ1v) is 6.34. The third-order valence-electron chi connectivity index (χ3n) is 2.69. The standard InChI is InChI=1S/C14H23NO3/c1-9(2)7-8-10-15-12(14(3,4)5)11(18-10)13(16)17-6/h9H,7-8H2,1-6H3. The Hall–Kier alpha value is -1.32. The Bertz CT molecular complexity index is 413. The van der Waals surface area contributed by atoms with Crippen LogP contribution in [-0.2, 0) is 16.6 Å². The van der Waals surface area contributed by atoms with E-state index in [2.05, 4.69) is 18.8 Å². The largest absolute Gasteiger partial charge is 0.463 e. The Balaban J connectivity index is 3.04. The molecule has 0 aliphatic carbocycles. The van der Waals surface area contributed by atoms with Crippen molar-refractivity contribution in [3.63, 3.8) is 0 Å². The Morgan fingerprint density at radius 3 is 2.44 bits per heavy atom. The van der Waals surface area contributed by atoms with E-state index >= 15 is 0 Å². The van der Waals surface area contributed by atoms with Gasteiger partial charge in [-0.05, 0) is 12.3 Å². The zero-order valence-electron chi connectivity index (χ0n) is 12.2. The third-order valence-corrected chi connectivity index (χ3v) is 2.69. The van der Waals surface area contributed by atoms with Gasteiger partial charge in [-0.25, -0.2) is 9.78 Å². The van der Waals surface area contributed by atoms with Crippen molar-refractivity contribution >= 4 is 5.97 Å². The van der Waals surface area contributed by atoms with E-state index in [1.54, 1.807) is 0 Å². The van der Waals surface area contributed by atoms with Gasteiger partial charge >= 0.3 is 5.97 Å². The molecule has 0 spiro atoms. The Kier molecular flexibility index (Phi) is 4.54. The van der Waals surface area contributed by atoms with Crippen LogP contribution in [-0.4, -0.2) is 18.1 Å². The van der Waals surface area contributed by atoms with Crippen molar-refractivity contribution < 1.29 is 13.9 Å². The number of rotatable bonds is 4. The summed E-state index contributed by atoms with van der Waals surface area (Å²) in [4.78, 5) is 16.1. The lowest BCUT2D eigenvalue weighted by atomic mass is 9.91. The fourth-order valence-corrected chi connectivity index (χ4v) is 1.62. The second-order valence-corrected chi connectivity index (χ2v) is 5.96. The van der Waals surface area contributed by atoms with Gasteiger partial charge in [-0.15, -0.1) is 0 Å². The molecule has 0 bridgehead atoms. The van der Waals surface area contributed by atoms with Gasteiger partial charge in [-0.3, -0.25) is 0 Å². The van der Waals surface area contributed by atoms with E-state index in [-0.39, 0.29) is 11.2 Å². The van der Waals surface area contributed by atoms with Crippen LogP contribution < -0.4 is 0 Å². The number of esters is 1. The highest BCUT2D eigenvalue weighted by molar-refractivity contribution is 5.87. The van der Waals surface area contributed by atoms with Crippen LogP contribution in [0.1, 0.15) is 63.2 Å². The number of hydrogen-bond acceptors (Lipinski definition) is 4. The number of carbonyl (C=O) groups is 1. The first kappa shape index (κ1) is 14.7. The fraction of sp³-hybridized carbons (Fsp3) is 0.714. The predicted octanol–water partition coefficient (Wildman–Crippen LogP) is 3.35. The van der Waals surface area contributed by atoms with Gasteiger partial charge in [0.25, 0.3) is 0 Å². The van der Waals surface area contributed by atoms with Crippen LogP contribution in [0.4, 0.5) is 0 Å². The van der Waals surface area contributed by atoms with Gasteiger partial charge in [-0.1, -0.05) is 34.6 Å². The SMILES string of the molecule is COC(=O)c1oc(CCC(C)C)nc1C(C)(C)C. The van der Waals surface area contributed by atoms with Gasteiger partial charge in [-0.2, -0.15) is 0 Å². The first-order valence-electron chi connectivity index (χ1n) is 6.34. The summed E-state index contributed by atoms with van der Waals surface area (Å²) < 4.78 is 10.3. The molecule has 1 heterocycles. The van der Waals surface area contributed by atoms with Crippen LogP contribution in [0, 0.1) is 5.92 Å². The summed E-state index contributed by atoms with van der Waals surface area (Å²) in [6, 6.07) is 0. The minimum Gasteiger partial charge on any atom is -0.463 e. The molecule has 0 aromatic carbocycles. The number of nitrogens with zero attached hydrogens (tertiary/aromatic N) is 1. The molecule has 0 radical (unpaired) electrons. The molecule has 0 unspecified atom stereocenters. The maximum atomic E-state index is 11.7. The maximum Gasteiger partial charge on any atom is 0.376 e. The number of methoxy groups -OCH3 is 1. The number of ether oxygens (including phenoxy) is 1. The molecule has 1 aromatic rings. The van der Waals surface area contributed by atoms with Gasteiger partial charge in [0.1, 0.15) is 0 Å². The molecule has 18 heavy (non-hydrogen) atoms. The van der Waals surface area contributed by atoms with E-state index in [9.17, 15) is 4.79 Å². The summed E-state index contributed by atoms with van der Waals surface area (Å²) in [5.74, 6) is 0.984. The maximum absolute atomic E-state index is 11.7. The highest BCUT2D eigenvalue weighted by Crippen LogP contribution is 2.27. The zero-order valence-corrected chi connectivity index (χ0v) is 12.2. The lowest BCUT2D eigenvalue weighted by Crippen LogP contribution is -2.17. The molecule has 1 rings (SSSR count). The summed E-state index contributed by atoms with van der Waals surface area (Å²) in [6.07, 6.45) is 1.74. The van der Waals surface area contributed by atoms with Gasteiger partial charge < -0.3 is 9.15 Å². The van der Waals surface area contributed by atoms with E-state index in [1.807, 2.05) is 20.8 Å². The molecule has 4 nitrogen and oxygen atoms in total. The number of aromatic nitrogens is 1. The highest BCUT2D eigenvalue weighted by Gasteiger charge is 2.29. The molecule has 4 heteroatoms. The van der Waals surface area contributed by atoms with E-state index in [1.165, 1.54) is 7.11 Å². The number of oxazole rings is 1. The lowest BCUT2D eigenvalue weighted by molar-refractivity contribution is 0.0559. The van der Waals surface area contributed by atoms with Gasteiger partial charge in [0.05, 0.1) is 12.8 Å². The van der Waals surface area contributed by atoms with Crippen LogP contribution in [0.5, 0.6) is 0 Å². The smallest absolute Gasteiger partial charge is 0.376 e. The molecule has 0 N–H and O–H groups in total. The molecule has 0 atom stereocenters. The van der Waals surface area contributed by atoms with Crippen molar-refractivity contribution in [1.82, 2.24) is 4.98 Å². The monoisotopic (exact) mass is 253 g/mol. The summed E-state index contributed by atoms with van der Waals surface area (Å²) in [5.41, 5.74) is 0.441. The van der Waals surface area contributed by atoms with Crippen molar-refractivity contribution in [1.29, 1.82) is 0 Å². The molecule has 0 saturated heterocycles. The van der Waals surface area contributed by atoms with Crippen LogP contribution in [0.2, 0.25) is 0 Å². The molecule has 0 amide bonds. The Morgan fingerprint density at radius 2 is 2.00 bits per heavy atom. The van der Waals surface area contributed by atoms with Crippen LogP contribution >= 0.6 is 0 Å². The van der Waals surface area contributed by atoms with E-state index in [4.69, 9.17) is 9.15 Å². The van der Waals surface area contributed by atoms with E-state index in [0.717, 1.165) is 12.8 Å². The normalized spacial score (nSPS) is 11.9. The van der Waals surface area contributed by atoms with Gasteiger partial charge in [0.2, 0.25) is 5.76 Å². The minimum atomic E-state index is -0.455. The molecule has 0 aliphatic heterocycles. The molecule has 102 valence electrons. The molecular weight excluding hydrogens is 230 g/mol. The molecule has 0 aliphatic rings. The zero-order chi connectivity index (χ0) is 13.9. The van der Waals surface area contributed by atoms with E-state index < -0.39 is 5.97 Å². The lowest BCUT2D eigenvalue weighted by Gasteiger charge is -2.15. The van der Waals surface area contributed by atoms with Crippen molar-refractivity contribution in [2.75, 3.05) is 7.11 Å². The van der Waals surface area contributed by atoms with Crippen molar-refractivity contribution in [2.24, 2.45) is 5.92 Å². The molecular formula is C14H23NO3. The average molecular weight is 253 g/mol. The number of carbonyl (C=O) groups excluding carboxylic acids is 1.